The van der Waals surface area contributed by atoms with Crippen molar-refractivity contribution in [3.05, 3.63) is 29.7 Å². The lowest BCUT2D eigenvalue weighted by atomic mass is 10.1. The summed E-state index contributed by atoms with van der Waals surface area (Å²) in [6.45, 7) is 9.39. The zero-order valence-electron chi connectivity index (χ0n) is 10.9. The Bertz CT molecular complexity index is 499. The fourth-order valence-electron chi connectivity index (χ4n) is 1.63. The molecule has 4 nitrogen and oxygen atoms in total. The molecule has 0 amide bonds. The third-order valence-electron chi connectivity index (χ3n) is 2.69. The highest BCUT2D eigenvalue weighted by Gasteiger charge is 2.06. The largest absolute Gasteiger partial charge is 0.310 e. The number of hydrogen-bond acceptors (Lipinski definition) is 3. The van der Waals surface area contributed by atoms with Gasteiger partial charge in [-0.2, -0.15) is 5.10 Å². The molecule has 4 heteroatoms. The first-order valence-corrected chi connectivity index (χ1v) is 6.14. The molecule has 92 valence electrons. The molecule has 0 saturated heterocycles. The summed E-state index contributed by atoms with van der Waals surface area (Å²) in [6, 6.07) is 2.53. The van der Waals surface area contributed by atoms with Gasteiger partial charge >= 0.3 is 0 Å². The molecule has 0 aliphatic heterocycles. The van der Waals surface area contributed by atoms with E-state index in [1.165, 1.54) is 0 Å². The van der Waals surface area contributed by atoms with E-state index < -0.39 is 0 Å². The lowest BCUT2D eigenvalue weighted by Crippen LogP contribution is -2.22. The van der Waals surface area contributed by atoms with E-state index in [1.807, 2.05) is 23.0 Å². The molecular weight excluding hydrogens is 212 g/mol. The van der Waals surface area contributed by atoms with Gasteiger partial charge in [0.25, 0.3) is 0 Å². The first-order valence-electron chi connectivity index (χ1n) is 6.14. The molecule has 0 aliphatic carbocycles. The second-order valence-corrected chi connectivity index (χ2v) is 5.02. The minimum atomic E-state index is 0.439. The highest BCUT2D eigenvalue weighted by Crippen LogP contribution is 2.14. The fraction of sp³-hybridized carbons (Fsp3) is 0.538. The Kier molecular flexibility index (Phi) is 3.43. The maximum atomic E-state index is 4.53. The minimum absolute atomic E-state index is 0.439. The van der Waals surface area contributed by atoms with Crippen molar-refractivity contribution >= 4 is 5.65 Å². The van der Waals surface area contributed by atoms with Crippen molar-refractivity contribution < 1.29 is 0 Å². The van der Waals surface area contributed by atoms with Crippen molar-refractivity contribution in [2.24, 2.45) is 0 Å². The van der Waals surface area contributed by atoms with Crippen LogP contribution >= 0.6 is 0 Å². The molecule has 0 aromatic carbocycles. The van der Waals surface area contributed by atoms with Gasteiger partial charge in [-0.05, 0) is 5.92 Å². The van der Waals surface area contributed by atoms with Gasteiger partial charge in [0.15, 0.2) is 5.65 Å². The summed E-state index contributed by atoms with van der Waals surface area (Å²) in [7, 11) is 0. The minimum Gasteiger partial charge on any atom is -0.310 e. The predicted octanol–water partition coefficient (Wildman–Crippen LogP) is 2.35. The van der Waals surface area contributed by atoms with Gasteiger partial charge < -0.3 is 5.32 Å². The topological polar surface area (TPSA) is 42.2 Å². The van der Waals surface area contributed by atoms with Gasteiger partial charge in [0.2, 0.25) is 0 Å². The Hall–Kier alpha value is -1.42. The smallest absolute Gasteiger partial charge is 0.155 e. The molecule has 2 rings (SSSR count). The summed E-state index contributed by atoms with van der Waals surface area (Å²) < 4.78 is 1.87. The van der Waals surface area contributed by atoms with Crippen LogP contribution in [0.15, 0.2) is 18.5 Å². The van der Waals surface area contributed by atoms with Crippen molar-refractivity contribution in [1.82, 2.24) is 19.9 Å². The number of nitrogens with one attached hydrogen (secondary N) is 1. The SMILES string of the molecule is CC(C)NCc1cnc2cc(C(C)C)nn2c1. The summed E-state index contributed by atoms with van der Waals surface area (Å²) in [5.41, 5.74) is 3.16. The van der Waals surface area contributed by atoms with E-state index >= 15 is 0 Å². The molecule has 17 heavy (non-hydrogen) atoms. The number of hydrogen-bond donors (Lipinski definition) is 1. The molecule has 1 N–H and O–H groups in total. The van der Waals surface area contributed by atoms with Crippen LogP contribution in [0.2, 0.25) is 0 Å². The van der Waals surface area contributed by atoms with Crippen molar-refractivity contribution in [2.75, 3.05) is 0 Å². The molecular formula is C13H20N4. The van der Waals surface area contributed by atoms with Crippen LogP contribution in [-0.4, -0.2) is 20.6 Å². The van der Waals surface area contributed by atoms with Crippen LogP contribution < -0.4 is 5.32 Å². The molecule has 0 saturated carbocycles. The molecule has 0 fully saturated rings. The van der Waals surface area contributed by atoms with Gasteiger partial charge in [-0.1, -0.05) is 27.7 Å². The molecule has 0 spiro atoms. The Morgan fingerprint density at radius 1 is 1.29 bits per heavy atom. The molecule has 0 unspecified atom stereocenters. The van der Waals surface area contributed by atoms with Crippen molar-refractivity contribution in [2.45, 2.75) is 46.2 Å². The van der Waals surface area contributed by atoms with Crippen LogP contribution in [0.3, 0.4) is 0 Å². The highest BCUT2D eigenvalue weighted by atomic mass is 15.2. The van der Waals surface area contributed by atoms with E-state index in [4.69, 9.17) is 0 Å². The molecule has 2 aromatic heterocycles. The van der Waals surface area contributed by atoms with Crippen LogP contribution in [0.5, 0.6) is 0 Å². The lowest BCUT2D eigenvalue weighted by molar-refractivity contribution is 0.585. The maximum absolute atomic E-state index is 4.53. The summed E-state index contributed by atoms with van der Waals surface area (Å²) in [4.78, 5) is 4.42. The van der Waals surface area contributed by atoms with Gasteiger partial charge in [-0.3, -0.25) is 0 Å². The second-order valence-electron chi connectivity index (χ2n) is 5.02. The van der Waals surface area contributed by atoms with Crippen LogP contribution in [0, 0.1) is 0 Å². The summed E-state index contributed by atoms with van der Waals surface area (Å²) >= 11 is 0. The van der Waals surface area contributed by atoms with E-state index in [0.29, 0.717) is 12.0 Å². The predicted molar refractivity (Wildman–Crippen MR) is 69.1 cm³/mol. The second kappa shape index (κ2) is 4.84. The van der Waals surface area contributed by atoms with Crippen LogP contribution in [0.4, 0.5) is 0 Å². The van der Waals surface area contributed by atoms with Crippen molar-refractivity contribution in [3.8, 4) is 0 Å². The van der Waals surface area contributed by atoms with Gasteiger partial charge in [0.1, 0.15) is 0 Å². The average molecular weight is 232 g/mol. The summed E-state index contributed by atoms with van der Waals surface area (Å²) in [5, 5.41) is 7.90. The Morgan fingerprint density at radius 2 is 2.06 bits per heavy atom. The molecule has 2 heterocycles. The maximum Gasteiger partial charge on any atom is 0.155 e. The Morgan fingerprint density at radius 3 is 2.71 bits per heavy atom. The highest BCUT2D eigenvalue weighted by molar-refractivity contribution is 5.40. The summed E-state index contributed by atoms with van der Waals surface area (Å²) in [5.74, 6) is 0.439. The van der Waals surface area contributed by atoms with Crippen LogP contribution in [0.25, 0.3) is 5.65 Å². The number of rotatable bonds is 4. The molecule has 0 bridgehead atoms. The fourth-order valence-corrected chi connectivity index (χ4v) is 1.63. The number of aromatic nitrogens is 3. The van der Waals surface area contributed by atoms with E-state index in [0.717, 1.165) is 23.4 Å². The molecule has 0 aliphatic rings. The van der Waals surface area contributed by atoms with Gasteiger partial charge in [-0.25, -0.2) is 9.50 Å². The molecule has 2 aromatic rings. The van der Waals surface area contributed by atoms with Gasteiger partial charge in [-0.15, -0.1) is 0 Å². The molecule has 0 atom stereocenters. The number of fused-ring (bicyclic) bond motifs is 1. The number of nitrogens with zero attached hydrogens (tertiary/aromatic N) is 3. The first-order chi connectivity index (χ1) is 8.06. The van der Waals surface area contributed by atoms with Crippen LogP contribution in [-0.2, 0) is 6.54 Å². The van der Waals surface area contributed by atoms with E-state index in [1.54, 1.807) is 0 Å². The van der Waals surface area contributed by atoms with Crippen molar-refractivity contribution in [3.63, 3.8) is 0 Å². The zero-order chi connectivity index (χ0) is 12.4. The Balaban J connectivity index is 2.24. The van der Waals surface area contributed by atoms with Gasteiger partial charge in [0.05, 0.1) is 5.69 Å². The van der Waals surface area contributed by atoms with E-state index in [-0.39, 0.29) is 0 Å². The summed E-state index contributed by atoms with van der Waals surface area (Å²) in [6.07, 6.45) is 3.96. The van der Waals surface area contributed by atoms with E-state index in [9.17, 15) is 0 Å². The standard InChI is InChI=1S/C13H20N4/c1-9(2)12-5-13-15-7-11(6-14-10(3)4)8-17(13)16-12/h5,7-10,14H,6H2,1-4H3. The van der Waals surface area contributed by atoms with E-state index in [2.05, 4.69) is 43.1 Å². The lowest BCUT2D eigenvalue weighted by Gasteiger charge is -2.07. The molecule has 0 radical (unpaired) electrons. The average Bonchev–Trinajstić information content (AvgIpc) is 2.69. The first kappa shape index (κ1) is 12.0. The van der Waals surface area contributed by atoms with Gasteiger partial charge in [0, 0.05) is 36.6 Å². The third kappa shape index (κ3) is 2.82. The monoisotopic (exact) mass is 232 g/mol. The zero-order valence-corrected chi connectivity index (χ0v) is 10.9. The quantitative estimate of drug-likeness (QED) is 0.880. The third-order valence-corrected chi connectivity index (χ3v) is 2.69. The Labute approximate surface area is 102 Å². The van der Waals surface area contributed by atoms with Crippen LogP contribution in [0.1, 0.15) is 44.9 Å². The van der Waals surface area contributed by atoms with Crippen molar-refractivity contribution in [1.29, 1.82) is 0 Å². The normalized spacial score (nSPS) is 11.9.